The quantitative estimate of drug-likeness (QED) is 0.528. The van der Waals surface area contributed by atoms with Gasteiger partial charge in [0.1, 0.15) is 11.5 Å². The summed E-state index contributed by atoms with van der Waals surface area (Å²) in [5.74, 6) is 1.42. The summed E-state index contributed by atoms with van der Waals surface area (Å²) in [6, 6.07) is 19.8. The molecule has 3 rings (SSSR count). The van der Waals surface area contributed by atoms with E-state index in [0.717, 1.165) is 39.4 Å². The molecule has 5 heteroatoms. The number of rotatable bonds is 8. The minimum Gasteiger partial charge on any atom is -0.496 e. The molecule has 0 bridgehead atoms. The first-order valence-corrected chi connectivity index (χ1v) is 9.67. The molecule has 0 spiro atoms. The van der Waals surface area contributed by atoms with Crippen molar-refractivity contribution in [3.8, 4) is 11.5 Å². The number of fused-ring (bicyclic) bond motifs is 1. The number of ether oxygens (including phenoxy) is 2. The maximum Gasteiger partial charge on any atom is 0.257 e. The van der Waals surface area contributed by atoms with E-state index in [0.29, 0.717) is 12.3 Å². The fourth-order valence-electron chi connectivity index (χ4n) is 2.94. The van der Waals surface area contributed by atoms with Crippen LogP contribution in [-0.4, -0.2) is 26.2 Å². The Labute approximate surface area is 167 Å². The predicted molar refractivity (Wildman–Crippen MR) is 111 cm³/mol. The highest BCUT2D eigenvalue weighted by atomic mass is 79.9. The topological polar surface area (TPSA) is 47.6 Å². The van der Waals surface area contributed by atoms with Crippen LogP contribution in [0, 0.1) is 0 Å². The Kier molecular flexibility index (Phi) is 6.71. The summed E-state index contributed by atoms with van der Waals surface area (Å²) in [6.45, 7) is 0.588. The number of hydrogen-bond acceptors (Lipinski definition) is 3. The van der Waals surface area contributed by atoms with Crippen LogP contribution in [0.1, 0.15) is 12.0 Å². The van der Waals surface area contributed by atoms with Gasteiger partial charge in [0, 0.05) is 6.54 Å². The van der Waals surface area contributed by atoms with Gasteiger partial charge in [0.2, 0.25) is 0 Å². The Hall–Kier alpha value is -2.53. The second kappa shape index (κ2) is 9.42. The average molecular weight is 428 g/mol. The van der Waals surface area contributed by atoms with Gasteiger partial charge in [0.15, 0.2) is 6.61 Å². The normalized spacial score (nSPS) is 10.6. The van der Waals surface area contributed by atoms with Gasteiger partial charge >= 0.3 is 0 Å². The Morgan fingerprint density at radius 3 is 2.63 bits per heavy atom. The van der Waals surface area contributed by atoms with Gasteiger partial charge in [0.25, 0.3) is 5.91 Å². The lowest BCUT2D eigenvalue weighted by Crippen LogP contribution is -2.30. The van der Waals surface area contributed by atoms with Crippen LogP contribution < -0.4 is 14.8 Å². The van der Waals surface area contributed by atoms with Crippen LogP contribution in [0.3, 0.4) is 0 Å². The number of carbonyl (C=O) groups is 1. The fraction of sp³-hybridized carbons (Fsp3) is 0.227. The van der Waals surface area contributed by atoms with Crippen LogP contribution in [0.2, 0.25) is 0 Å². The number of halogens is 1. The summed E-state index contributed by atoms with van der Waals surface area (Å²) in [5.41, 5.74) is 1.14. The van der Waals surface area contributed by atoms with Gasteiger partial charge in [0.05, 0.1) is 11.6 Å². The summed E-state index contributed by atoms with van der Waals surface area (Å²) in [5, 5.41) is 5.08. The first kappa shape index (κ1) is 19.2. The van der Waals surface area contributed by atoms with Crippen molar-refractivity contribution in [1.29, 1.82) is 0 Å². The van der Waals surface area contributed by atoms with Gasteiger partial charge in [-0.2, -0.15) is 0 Å². The van der Waals surface area contributed by atoms with Crippen molar-refractivity contribution in [2.45, 2.75) is 12.8 Å². The summed E-state index contributed by atoms with van der Waals surface area (Å²) in [7, 11) is 1.67. The Morgan fingerprint density at radius 1 is 1.00 bits per heavy atom. The third-order valence-corrected chi connectivity index (χ3v) is 5.14. The van der Waals surface area contributed by atoms with E-state index in [-0.39, 0.29) is 12.5 Å². The first-order chi connectivity index (χ1) is 13.2. The molecule has 0 aromatic heterocycles. The average Bonchev–Trinajstić information content (AvgIpc) is 2.71. The lowest BCUT2D eigenvalue weighted by atomic mass is 10.1. The summed E-state index contributed by atoms with van der Waals surface area (Å²) < 4.78 is 11.9. The van der Waals surface area contributed by atoms with E-state index < -0.39 is 0 Å². The van der Waals surface area contributed by atoms with E-state index in [4.69, 9.17) is 9.47 Å². The van der Waals surface area contributed by atoms with Crippen LogP contribution in [-0.2, 0) is 11.2 Å². The lowest BCUT2D eigenvalue weighted by molar-refractivity contribution is -0.123. The van der Waals surface area contributed by atoms with E-state index in [1.807, 2.05) is 60.7 Å². The molecule has 0 saturated heterocycles. The number of carbonyl (C=O) groups excluding carboxylic acids is 1. The van der Waals surface area contributed by atoms with Crippen LogP contribution in [0.5, 0.6) is 11.5 Å². The maximum absolute atomic E-state index is 12.0. The van der Waals surface area contributed by atoms with Crippen molar-refractivity contribution in [3.63, 3.8) is 0 Å². The van der Waals surface area contributed by atoms with E-state index in [1.54, 1.807) is 7.11 Å². The van der Waals surface area contributed by atoms with Crippen LogP contribution >= 0.6 is 15.9 Å². The molecule has 0 saturated carbocycles. The SMILES string of the molecule is COc1ccccc1CCCNC(=O)COc1ccc2ccccc2c1Br. The molecule has 1 amide bonds. The third kappa shape index (κ3) is 5.01. The van der Waals surface area contributed by atoms with Crippen molar-refractivity contribution < 1.29 is 14.3 Å². The minimum atomic E-state index is -0.130. The molecule has 27 heavy (non-hydrogen) atoms. The molecule has 0 fully saturated rings. The molecule has 0 radical (unpaired) electrons. The largest absolute Gasteiger partial charge is 0.496 e. The second-order valence-corrected chi connectivity index (χ2v) is 6.95. The monoisotopic (exact) mass is 427 g/mol. The standard InChI is InChI=1S/C22H22BrNO3/c1-26-19-11-5-3-8-17(19)9-6-14-24-21(25)15-27-20-13-12-16-7-2-4-10-18(16)22(20)23/h2-5,7-8,10-13H,6,9,14-15H2,1H3,(H,24,25). The highest BCUT2D eigenvalue weighted by Crippen LogP contribution is 2.32. The van der Waals surface area contributed by atoms with Gasteiger partial charge in [-0.25, -0.2) is 0 Å². The Bertz CT molecular complexity index is 926. The molecule has 0 aliphatic carbocycles. The lowest BCUT2D eigenvalue weighted by Gasteiger charge is -2.11. The van der Waals surface area contributed by atoms with Crippen molar-refractivity contribution in [1.82, 2.24) is 5.32 Å². The maximum atomic E-state index is 12.0. The second-order valence-electron chi connectivity index (χ2n) is 6.15. The number of aryl methyl sites for hydroxylation is 1. The molecule has 0 aliphatic heterocycles. The van der Waals surface area contributed by atoms with Crippen molar-refractivity contribution >= 4 is 32.6 Å². The van der Waals surface area contributed by atoms with Gasteiger partial charge in [-0.1, -0.05) is 48.5 Å². The van der Waals surface area contributed by atoms with Crippen LogP contribution in [0.25, 0.3) is 10.8 Å². The van der Waals surface area contributed by atoms with Gasteiger partial charge in [-0.3, -0.25) is 4.79 Å². The molecule has 3 aromatic rings. The number of amides is 1. The van der Waals surface area contributed by atoms with E-state index >= 15 is 0 Å². The zero-order chi connectivity index (χ0) is 19.1. The molecular weight excluding hydrogens is 406 g/mol. The van der Waals surface area contributed by atoms with Gasteiger partial charge in [-0.15, -0.1) is 0 Å². The first-order valence-electron chi connectivity index (χ1n) is 8.87. The summed E-state index contributed by atoms with van der Waals surface area (Å²) in [6.07, 6.45) is 1.69. The van der Waals surface area contributed by atoms with E-state index in [9.17, 15) is 4.79 Å². The predicted octanol–water partition coefficient (Wildman–Crippen LogP) is 4.74. The smallest absolute Gasteiger partial charge is 0.257 e. The third-order valence-electron chi connectivity index (χ3n) is 4.32. The molecule has 0 atom stereocenters. The zero-order valence-electron chi connectivity index (χ0n) is 15.2. The Morgan fingerprint density at radius 2 is 1.78 bits per heavy atom. The van der Waals surface area contributed by atoms with E-state index in [1.165, 1.54) is 0 Å². The Balaban J connectivity index is 1.45. The van der Waals surface area contributed by atoms with Crippen molar-refractivity contribution in [3.05, 3.63) is 70.7 Å². The van der Waals surface area contributed by atoms with Crippen LogP contribution in [0.4, 0.5) is 0 Å². The summed E-state index contributed by atoms with van der Waals surface area (Å²) in [4.78, 5) is 12.0. The molecule has 3 aromatic carbocycles. The molecule has 0 aliphatic rings. The number of benzene rings is 3. The van der Waals surface area contributed by atoms with Crippen LogP contribution in [0.15, 0.2) is 65.1 Å². The van der Waals surface area contributed by atoms with Crippen molar-refractivity contribution in [2.24, 2.45) is 0 Å². The molecule has 0 unspecified atom stereocenters. The molecular formula is C22H22BrNO3. The number of para-hydroxylation sites is 1. The summed E-state index contributed by atoms with van der Waals surface area (Å²) >= 11 is 3.57. The fourth-order valence-corrected chi connectivity index (χ4v) is 3.54. The van der Waals surface area contributed by atoms with Crippen molar-refractivity contribution in [2.75, 3.05) is 20.3 Å². The number of methoxy groups -OCH3 is 1. The zero-order valence-corrected chi connectivity index (χ0v) is 16.8. The highest BCUT2D eigenvalue weighted by Gasteiger charge is 2.08. The van der Waals surface area contributed by atoms with E-state index in [2.05, 4.69) is 21.2 Å². The molecule has 1 N–H and O–H groups in total. The molecule has 4 nitrogen and oxygen atoms in total. The minimum absolute atomic E-state index is 0.00833. The van der Waals surface area contributed by atoms with Gasteiger partial charge < -0.3 is 14.8 Å². The molecule has 140 valence electrons. The number of nitrogens with one attached hydrogen (secondary N) is 1. The number of hydrogen-bond donors (Lipinski definition) is 1. The highest BCUT2D eigenvalue weighted by molar-refractivity contribution is 9.10. The molecule has 0 heterocycles. The van der Waals surface area contributed by atoms with Gasteiger partial charge in [-0.05, 0) is 57.2 Å².